The maximum absolute atomic E-state index is 13.2. The number of amides is 1. The molecule has 3 aromatic carbocycles. The van der Waals surface area contributed by atoms with E-state index in [1.54, 1.807) is 11.0 Å². The normalized spacial score (nSPS) is 14.5. The van der Waals surface area contributed by atoms with Gasteiger partial charge in [0.25, 0.3) is 9.84 Å². The first-order valence-corrected chi connectivity index (χ1v) is 16.5. The van der Waals surface area contributed by atoms with E-state index in [4.69, 9.17) is 4.74 Å². The van der Waals surface area contributed by atoms with E-state index in [0.29, 0.717) is 29.6 Å². The molecule has 0 aliphatic carbocycles. The van der Waals surface area contributed by atoms with Crippen LogP contribution >= 0.6 is 11.8 Å². The molecule has 0 radical (unpaired) electrons. The van der Waals surface area contributed by atoms with Crippen LogP contribution in [0.15, 0.2) is 111 Å². The van der Waals surface area contributed by atoms with Crippen molar-refractivity contribution in [1.29, 1.82) is 5.26 Å². The van der Waals surface area contributed by atoms with Crippen LogP contribution in [0.5, 0.6) is 5.88 Å². The summed E-state index contributed by atoms with van der Waals surface area (Å²) in [5.41, 5.74) is 2.17. The molecule has 15 heteroatoms. The van der Waals surface area contributed by atoms with Gasteiger partial charge in [0.1, 0.15) is 17.7 Å². The van der Waals surface area contributed by atoms with Crippen molar-refractivity contribution in [2.75, 3.05) is 24.2 Å². The van der Waals surface area contributed by atoms with Crippen LogP contribution in [-0.4, -0.2) is 59.3 Å². The first-order valence-electron chi connectivity index (χ1n) is 14.0. The minimum absolute atomic E-state index is 0.00418. The van der Waals surface area contributed by atoms with Crippen LogP contribution in [0.1, 0.15) is 12.0 Å². The van der Waals surface area contributed by atoms with Gasteiger partial charge >= 0.3 is 10.9 Å². The van der Waals surface area contributed by atoms with Gasteiger partial charge in [0, 0.05) is 24.2 Å². The number of nitrogens with zero attached hydrogens (tertiary/aromatic N) is 6. The zero-order valence-electron chi connectivity index (χ0n) is 24.0. The van der Waals surface area contributed by atoms with Crippen molar-refractivity contribution in [2.24, 2.45) is 0 Å². The third-order valence-electron chi connectivity index (χ3n) is 7.04. The Balaban J connectivity index is 1.16. The zero-order valence-corrected chi connectivity index (χ0v) is 25.6. The number of carbonyl (C=O) groups is 1. The highest BCUT2D eigenvalue weighted by atomic mass is 32.2. The molecular formula is C31H25N7O6S2. The van der Waals surface area contributed by atoms with E-state index < -0.39 is 26.8 Å². The van der Waals surface area contributed by atoms with Crippen molar-refractivity contribution >= 4 is 39.0 Å². The van der Waals surface area contributed by atoms with Crippen molar-refractivity contribution in [1.82, 2.24) is 20.0 Å². The van der Waals surface area contributed by atoms with Crippen molar-refractivity contribution in [3.05, 3.63) is 102 Å². The van der Waals surface area contributed by atoms with E-state index in [9.17, 15) is 23.7 Å². The lowest BCUT2D eigenvalue weighted by molar-refractivity contribution is -0.832. The molecule has 1 aliphatic heterocycles. The number of nitriles is 1. The molecule has 1 aliphatic rings. The van der Waals surface area contributed by atoms with E-state index >= 15 is 0 Å². The van der Waals surface area contributed by atoms with Crippen LogP contribution in [0.2, 0.25) is 0 Å². The summed E-state index contributed by atoms with van der Waals surface area (Å²) >= 11 is 1.13. The Kier molecular flexibility index (Phi) is 8.81. The topological polar surface area (TPSA) is 178 Å². The molecule has 0 spiro atoms. The van der Waals surface area contributed by atoms with E-state index in [1.165, 1.54) is 24.3 Å². The molecule has 1 atom stereocenters. The molecule has 46 heavy (non-hydrogen) atoms. The number of hydrogen-bond donors (Lipinski definition) is 1. The van der Waals surface area contributed by atoms with Crippen LogP contribution in [0.3, 0.4) is 0 Å². The third-order valence-corrected chi connectivity index (χ3v) is 9.60. The van der Waals surface area contributed by atoms with Gasteiger partial charge in [0.2, 0.25) is 5.91 Å². The summed E-state index contributed by atoms with van der Waals surface area (Å²) < 4.78 is 36.5. The molecule has 5 aromatic rings. The van der Waals surface area contributed by atoms with Gasteiger partial charge in [-0.25, -0.2) is 18.4 Å². The molecule has 6 rings (SSSR count). The molecule has 3 heterocycles. The number of carbonyl (C=O) groups excluding carboxylic acids is 1. The predicted molar refractivity (Wildman–Crippen MR) is 166 cm³/mol. The molecule has 1 N–H and O–H groups in total. The van der Waals surface area contributed by atoms with Crippen LogP contribution in [0, 0.1) is 16.5 Å². The van der Waals surface area contributed by atoms with E-state index in [2.05, 4.69) is 31.1 Å². The van der Waals surface area contributed by atoms with Gasteiger partial charge in [-0.15, -0.1) is 0 Å². The summed E-state index contributed by atoms with van der Waals surface area (Å²) in [6.07, 6.45) is -0.245. The largest absolute Gasteiger partial charge is 0.449 e. The highest BCUT2D eigenvalue weighted by Gasteiger charge is 2.38. The molecule has 1 amide bonds. The van der Waals surface area contributed by atoms with Crippen LogP contribution in [0.4, 0.5) is 11.5 Å². The monoisotopic (exact) mass is 655 g/mol. The molecule has 0 saturated carbocycles. The number of nitrogens with one attached hydrogen (secondary N) is 1. The Morgan fingerprint density at radius 2 is 1.74 bits per heavy atom. The Labute approximate surface area is 267 Å². The Morgan fingerprint density at radius 1 is 1.07 bits per heavy atom. The number of anilines is 2. The Bertz CT molecular complexity index is 2000. The lowest BCUT2D eigenvalue weighted by Gasteiger charge is -2.16. The van der Waals surface area contributed by atoms with E-state index in [0.717, 1.165) is 23.0 Å². The number of benzene rings is 3. The molecule has 1 fully saturated rings. The lowest BCUT2D eigenvalue weighted by Crippen LogP contribution is -2.33. The predicted octanol–water partition coefficient (Wildman–Crippen LogP) is 3.99. The number of para-hydroxylation sites is 1. The van der Waals surface area contributed by atoms with Gasteiger partial charge < -0.3 is 20.2 Å². The Hall–Kier alpha value is -5.46. The Morgan fingerprint density at radius 3 is 2.43 bits per heavy atom. The second kappa shape index (κ2) is 13.3. The van der Waals surface area contributed by atoms with E-state index in [-0.39, 0.29) is 33.6 Å². The first-order chi connectivity index (χ1) is 22.3. The average Bonchev–Trinajstić information content (AvgIpc) is 3.71. The van der Waals surface area contributed by atoms with Crippen LogP contribution in [0.25, 0.3) is 11.3 Å². The molecule has 0 bridgehead atoms. The average molecular weight is 656 g/mol. The molecule has 1 unspecified atom stereocenters. The van der Waals surface area contributed by atoms with Gasteiger partial charge in [-0.05, 0) is 29.2 Å². The molecule has 13 nitrogen and oxygen atoms in total. The molecule has 232 valence electrons. The van der Waals surface area contributed by atoms with Crippen molar-refractivity contribution < 1.29 is 27.5 Å². The smallest absolute Gasteiger partial charge is 0.415 e. The maximum atomic E-state index is 13.2. The number of sulfone groups is 1. The number of rotatable bonds is 10. The minimum Gasteiger partial charge on any atom is -0.449 e. The maximum Gasteiger partial charge on any atom is 0.415 e. The van der Waals surface area contributed by atoms with Crippen LogP contribution < -0.4 is 15.0 Å². The number of thioether (sulfide) groups is 1. The standard InChI is InChI=1S/C31H25N7O6S2/c32-18-25-27(21-10-4-1-5-11-21)34-31(35-28(25)33-22-12-6-2-7-13-22)45-20-26(39)37-17-16-23(19-37)43-29-30(38(40)44-36-29)46(41,42)24-14-8-3-9-15-24/h1-15,23H,16-17,19-20H2,(H,33,34,35). The highest BCUT2D eigenvalue weighted by Crippen LogP contribution is 2.31. The van der Waals surface area contributed by atoms with Gasteiger partial charge in [-0.1, -0.05) is 78.5 Å². The first kappa shape index (κ1) is 30.6. The lowest BCUT2D eigenvalue weighted by atomic mass is 10.1. The fraction of sp³-hybridized carbons (Fsp3) is 0.161. The summed E-state index contributed by atoms with van der Waals surface area (Å²) in [4.78, 5) is 23.7. The van der Waals surface area contributed by atoms with Gasteiger partial charge in [-0.3, -0.25) is 9.42 Å². The van der Waals surface area contributed by atoms with Gasteiger partial charge in [0.05, 0.1) is 28.0 Å². The summed E-state index contributed by atoms with van der Waals surface area (Å²) in [7, 11) is -4.27. The molecular weight excluding hydrogens is 631 g/mol. The second-order valence-corrected chi connectivity index (χ2v) is 12.9. The minimum atomic E-state index is -4.27. The van der Waals surface area contributed by atoms with Crippen molar-refractivity contribution in [3.8, 4) is 23.2 Å². The number of hydrogen-bond acceptors (Lipinski definition) is 12. The van der Waals surface area contributed by atoms with Gasteiger partial charge in [-0.2, -0.15) is 5.26 Å². The number of aromatic nitrogens is 4. The molecule has 2 aromatic heterocycles. The summed E-state index contributed by atoms with van der Waals surface area (Å²) in [6.45, 7) is 0.477. The quantitative estimate of drug-likeness (QED) is 0.130. The van der Waals surface area contributed by atoms with Crippen molar-refractivity contribution in [3.63, 3.8) is 0 Å². The SMILES string of the molecule is N#Cc1c(Nc2ccccc2)nc(SCC(=O)N2CCC(Oc3no[n+]([O-])c3S(=O)(=O)c3ccccc3)C2)nc1-c1ccccc1. The molecule has 1 saturated heterocycles. The van der Waals surface area contributed by atoms with Crippen molar-refractivity contribution in [2.45, 2.75) is 27.6 Å². The third kappa shape index (κ3) is 6.48. The summed E-state index contributed by atoms with van der Waals surface area (Å²) in [5.74, 6) is -0.378. The van der Waals surface area contributed by atoms with Crippen LogP contribution in [-0.2, 0) is 14.6 Å². The fourth-order valence-electron chi connectivity index (χ4n) is 4.82. The summed E-state index contributed by atoms with van der Waals surface area (Å²) in [5, 5.41) is 28.5. The zero-order chi connectivity index (χ0) is 32.1. The highest BCUT2D eigenvalue weighted by molar-refractivity contribution is 7.99. The fourth-order valence-corrected chi connectivity index (χ4v) is 6.85. The number of ether oxygens (including phenoxy) is 1. The summed E-state index contributed by atoms with van der Waals surface area (Å²) in [6, 6.07) is 28.2. The van der Waals surface area contributed by atoms with Gasteiger partial charge in [0.15, 0.2) is 11.0 Å². The second-order valence-electron chi connectivity index (χ2n) is 10.1. The number of likely N-dealkylation sites (tertiary alicyclic amines) is 1. The van der Waals surface area contributed by atoms with E-state index in [1.807, 2.05) is 60.7 Å².